The van der Waals surface area contributed by atoms with Crippen molar-refractivity contribution >= 4 is 28.6 Å². The second-order valence-corrected chi connectivity index (χ2v) is 8.30. The summed E-state index contributed by atoms with van der Waals surface area (Å²) in [5, 5.41) is 3.02. The van der Waals surface area contributed by atoms with Crippen molar-refractivity contribution < 1.29 is 0 Å². The number of aryl methyl sites for hydroxylation is 1. The number of nitrogens with zero attached hydrogens (tertiary/aromatic N) is 2. The highest BCUT2D eigenvalue weighted by atomic mass is 35.5. The molecule has 1 saturated carbocycles. The molecule has 0 bridgehead atoms. The third-order valence-electron chi connectivity index (χ3n) is 5.05. The van der Waals surface area contributed by atoms with E-state index in [2.05, 4.69) is 53.3 Å². The Kier molecular flexibility index (Phi) is 5.28. The van der Waals surface area contributed by atoms with Crippen LogP contribution in [0, 0.1) is 6.92 Å². The maximum atomic E-state index is 6.09. The van der Waals surface area contributed by atoms with E-state index in [4.69, 9.17) is 16.6 Å². The fourth-order valence-corrected chi connectivity index (χ4v) is 4.84. The zero-order valence-electron chi connectivity index (χ0n) is 15.0. The van der Waals surface area contributed by atoms with Crippen molar-refractivity contribution in [2.75, 3.05) is 0 Å². The molecule has 26 heavy (non-hydrogen) atoms. The minimum Gasteiger partial charge on any atom is -0.313 e. The average molecular weight is 383 g/mol. The van der Waals surface area contributed by atoms with Gasteiger partial charge < -0.3 is 4.57 Å². The summed E-state index contributed by atoms with van der Waals surface area (Å²) in [4.78, 5) is 6.09. The first-order valence-electron chi connectivity index (χ1n) is 9.28. The molecule has 1 fully saturated rings. The molecule has 1 heterocycles. The van der Waals surface area contributed by atoms with Crippen molar-refractivity contribution in [3.63, 3.8) is 0 Å². The fourth-order valence-electron chi connectivity index (χ4n) is 3.73. The molecule has 134 valence electrons. The van der Waals surface area contributed by atoms with Crippen LogP contribution in [0.3, 0.4) is 0 Å². The molecule has 2 aromatic carbocycles. The molecule has 0 atom stereocenters. The number of hydrogen-bond acceptors (Lipinski definition) is 2. The van der Waals surface area contributed by atoms with Gasteiger partial charge in [-0.1, -0.05) is 55.1 Å². The lowest BCUT2D eigenvalue weighted by Gasteiger charge is -2.25. The van der Waals surface area contributed by atoms with Gasteiger partial charge in [0.05, 0.1) is 11.4 Å². The van der Waals surface area contributed by atoms with E-state index in [1.54, 1.807) is 11.3 Å². The van der Waals surface area contributed by atoms with Crippen LogP contribution in [0.2, 0.25) is 5.02 Å². The molecule has 1 aliphatic rings. The first-order chi connectivity index (χ1) is 12.7. The van der Waals surface area contributed by atoms with E-state index >= 15 is 0 Å². The summed E-state index contributed by atoms with van der Waals surface area (Å²) < 4.78 is 2.47. The summed E-state index contributed by atoms with van der Waals surface area (Å²) in [6, 6.07) is 17.1. The predicted molar refractivity (Wildman–Crippen MR) is 111 cm³/mol. The minimum atomic E-state index is 0.532. The number of halogens is 1. The molecule has 0 amide bonds. The maximum Gasteiger partial charge on any atom is 0.190 e. The fraction of sp³-hybridized carbons (Fsp3) is 0.318. The van der Waals surface area contributed by atoms with Gasteiger partial charge in [0.25, 0.3) is 0 Å². The lowest BCUT2D eigenvalue weighted by Crippen LogP contribution is -2.23. The summed E-state index contributed by atoms with van der Waals surface area (Å²) in [7, 11) is 0. The molecule has 2 nitrogen and oxygen atoms in total. The zero-order chi connectivity index (χ0) is 17.9. The van der Waals surface area contributed by atoms with E-state index in [0.717, 1.165) is 15.5 Å². The van der Waals surface area contributed by atoms with E-state index in [9.17, 15) is 0 Å². The molecule has 0 N–H and O–H groups in total. The van der Waals surface area contributed by atoms with Gasteiger partial charge >= 0.3 is 0 Å². The van der Waals surface area contributed by atoms with E-state index in [1.807, 2.05) is 12.1 Å². The quantitative estimate of drug-likeness (QED) is 0.468. The van der Waals surface area contributed by atoms with Crippen LogP contribution in [0.4, 0.5) is 5.69 Å². The van der Waals surface area contributed by atoms with Crippen LogP contribution < -0.4 is 4.80 Å². The summed E-state index contributed by atoms with van der Waals surface area (Å²) in [5.41, 5.74) is 4.73. The molecule has 4 heteroatoms. The van der Waals surface area contributed by atoms with E-state index < -0.39 is 0 Å². The lowest BCUT2D eigenvalue weighted by molar-refractivity contribution is 0.351. The summed E-state index contributed by atoms with van der Waals surface area (Å²) in [6.07, 6.45) is 6.42. The smallest absolute Gasteiger partial charge is 0.190 e. The number of rotatable bonds is 3. The molecule has 0 radical (unpaired) electrons. The summed E-state index contributed by atoms with van der Waals surface area (Å²) >= 11 is 7.83. The third kappa shape index (κ3) is 3.79. The first-order valence-corrected chi connectivity index (χ1v) is 10.5. The molecule has 0 saturated heterocycles. The second kappa shape index (κ2) is 7.81. The van der Waals surface area contributed by atoms with Crippen LogP contribution in [-0.2, 0) is 0 Å². The van der Waals surface area contributed by atoms with E-state index in [0.29, 0.717) is 6.04 Å². The molecule has 3 aromatic rings. The van der Waals surface area contributed by atoms with Gasteiger partial charge in [0, 0.05) is 16.4 Å². The standard InChI is InChI=1S/C22H23ClN2S/c1-16-6-5-7-19(14-16)24-22-25(20-8-3-2-4-9-20)21(15-26-22)17-10-12-18(23)13-11-17/h5-7,10-15,20H,2-4,8-9H2,1H3. The molecule has 1 aromatic heterocycles. The molecule has 4 rings (SSSR count). The third-order valence-corrected chi connectivity index (χ3v) is 6.14. The first kappa shape index (κ1) is 17.6. The predicted octanol–water partition coefficient (Wildman–Crippen LogP) is 6.92. The van der Waals surface area contributed by atoms with Crippen molar-refractivity contribution in [2.45, 2.75) is 45.1 Å². The minimum absolute atomic E-state index is 0.532. The topological polar surface area (TPSA) is 17.3 Å². The number of benzene rings is 2. The van der Waals surface area contributed by atoms with Gasteiger partial charge in [-0.05, 0) is 55.2 Å². The van der Waals surface area contributed by atoms with Gasteiger partial charge in [-0.15, -0.1) is 11.3 Å². The Bertz CT molecular complexity index is 947. The molecule has 0 unspecified atom stereocenters. The molecule has 0 aliphatic heterocycles. The van der Waals surface area contributed by atoms with Gasteiger partial charge in [0.2, 0.25) is 0 Å². The normalized spacial score (nSPS) is 16.2. The Labute approximate surface area is 163 Å². The maximum absolute atomic E-state index is 6.09. The molecule has 1 aliphatic carbocycles. The average Bonchev–Trinajstić information content (AvgIpc) is 3.06. The number of thiazole rings is 1. The van der Waals surface area contributed by atoms with Crippen LogP contribution in [0.5, 0.6) is 0 Å². The molecule has 0 spiro atoms. The van der Waals surface area contributed by atoms with Gasteiger partial charge in [-0.25, -0.2) is 4.99 Å². The SMILES string of the molecule is Cc1cccc(N=c2scc(-c3ccc(Cl)cc3)n2C2CCCCC2)c1. The van der Waals surface area contributed by atoms with Crippen molar-refractivity contribution in [2.24, 2.45) is 4.99 Å². The van der Waals surface area contributed by atoms with Gasteiger partial charge in [0.1, 0.15) is 0 Å². The van der Waals surface area contributed by atoms with Gasteiger partial charge in [-0.3, -0.25) is 0 Å². The second-order valence-electron chi connectivity index (χ2n) is 7.02. The van der Waals surface area contributed by atoms with Crippen LogP contribution in [-0.4, -0.2) is 4.57 Å². The number of aromatic nitrogens is 1. The Morgan fingerprint density at radius 2 is 1.81 bits per heavy atom. The highest BCUT2D eigenvalue weighted by molar-refractivity contribution is 7.07. The molecular formula is C22H23ClN2S. The van der Waals surface area contributed by atoms with Crippen LogP contribution in [0.1, 0.15) is 43.7 Å². The van der Waals surface area contributed by atoms with E-state index in [-0.39, 0.29) is 0 Å². The monoisotopic (exact) mass is 382 g/mol. The number of hydrogen-bond donors (Lipinski definition) is 0. The Morgan fingerprint density at radius 3 is 2.54 bits per heavy atom. The molecular weight excluding hydrogens is 360 g/mol. The van der Waals surface area contributed by atoms with E-state index in [1.165, 1.54) is 48.9 Å². The Morgan fingerprint density at radius 1 is 1.04 bits per heavy atom. The van der Waals surface area contributed by atoms with Crippen molar-refractivity contribution in [3.8, 4) is 11.3 Å². The Balaban J connectivity index is 1.85. The lowest BCUT2D eigenvalue weighted by atomic mass is 9.95. The van der Waals surface area contributed by atoms with Crippen LogP contribution >= 0.6 is 22.9 Å². The van der Waals surface area contributed by atoms with Crippen LogP contribution in [0.25, 0.3) is 11.3 Å². The largest absolute Gasteiger partial charge is 0.313 e. The highest BCUT2D eigenvalue weighted by Gasteiger charge is 2.20. The zero-order valence-corrected chi connectivity index (χ0v) is 16.6. The highest BCUT2D eigenvalue weighted by Crippen LogP contribution is 2.33. The summed E-state index contributed by atoms with van der Waals surface area (Å²) in [5.74, 6) is 0. The van der Waals surface area contributed by atoms with Crippen molar-refractivity contribution in [3.05, 3.63) is 69.3 Å². The van der Waals surface area contributed by atoms with Gasteiger partial charge in [0.15, 0.2) is 4.80 Å². The summed E-state index contributed by atoms with van der Waals surface area (Å²) in [6.45, 7) is 2.11. The van der Waals surface area contributed by atoms with Gasteiger partial charge in [-0.2, -0.15) is 0 Å². The Hall–Kier alpha value is -1.84. The van der Waals surface area contributed by atoms with Crippen molar-refractivity contribution in [1.29, 1.82) is 0 Å². The van der Waals surface area contributed by atoms with Crippen LogP contribution in [0.15, 0.2) is 58.9 Å². The van der Waals surface area contributed by atoms with Crippen molar-refractivity contribution in [1.82, 2.24) is 4.57 Å².